The molecule has 1 aliphatic carbocycles. The number of carbonyl (C=O) groups is 1. The molecular weight excluding hydrogens is 267 g/mol. The zero-order valence-corrected chi connectivity index (χ0v) is 11.8. The molecule has 2 amide bonds. The average Bonchev–Trinajstić information content (AvgIpc) is 3.23. The topological polar surface area (TPSA) is 41.1 Å². The molecule has 0 aromatic heterocycles. The second kappa shape index (κ2) is 5.20. The van der Waals surface area contributed by atoms with Crippen molar-refractivity contribution >= 4 is 11.7 Å². The molecule has 2 N–H and O–H groups in total. The molecule has 4 heteroatoms. The van der Waals surface area contributed by atoms with E-state index in [1.54, 1.807) is 12.1 Å². The molecule has 0 aliphatic heterocycles. The number of halogens is 1. The second-order valence-electron chi connectivity index (χ2n) is 5.53. The van der Waals surface area contributed by atoms with Gasteiger partial charge in [-0.2, -0.15) is 0 Å². The fourth-order valence-corrected chi connectivity index (χ4v) is 2.40. The molecule has 3 rings (SSSR count). The van der Waals surface area contributed by atoms with Crippen LogP contribution in [-0.2, 0) is 5.54 Å². The first-order chi connectivity index (χ1) is 10.1. The number of anilines is 1. The molecule has 0 radical (unpaired) electrons. The SMILES string of the molecule is Cc1ccc(C2(NC(=O)Nc3ccc(F)cc3)CC2)cc1. The van der Waals surface area contributed by atoms with Gasteiger partial charge in [0, 0.05) is 5.69 Å². The summed E-state index contributed by atoms with van der Waals surface area (Å²) in [5.41, 5.74) is 2.65. The first-order valence-corrected chi connectivity index (χ1v) is 6.99. The van der Waals surface area contributed by atoms with Crippen LogP contribution in [0.25, 0.3) is 0 Å². The Morgan fingerprint density at radius 1 is 1.05 bits per heavy atom. The maximum Gasteiger partial charge on any atom is 0.319 e. The third-order valence-corrected chi connectivity index (χ3v) is 3.81. The molecule has 0 bridgehead atoms. The Hall–Kier alpha value is -2.36. The van der Waals surface area contributed by atoms with E-state index in [1.165, 1.54) is 17.7 Å². The summed E-state index contributed by atoms with van der Waals surface area (Å²) < 4.78 is 12.8. The summed E-state index contributed by atoms with van der Waals surface area (Å²) in [5.74, 6) is -0.320. The highest BCUT2D eigenvalue weighted by molar-refractivity contribution is 5.90. The van der Waals surface area contributed by atoms with Gasteiger partial charge in [-0.15, -0.1) is 0 Å². The van der Waals surface area contributed by atoms with Crippen LogP contribution in [0, 0.1) is 12.7 Å². The lowest BCUT2D eigenvalue weighted by atomic mass is 10.0. The lowest BCUT2D eigenvalue weighted by Gasteiger charge is -2.18. The summed E-state index contributed by atoms with van der Waals surface area (Å²) in [5, 5.41) is 5.75. The normalized spacial score (nSPS) is 15.3. The molecule has 3 nitrogen and oxygen atoms in total. The zero-order chi connectivity index (χ0) is 14.9. The molecule has 1 fully saturated rings. The molecule has 2 aromatic carbocycles. The molecule has 21 heavy (non-hydrogen) atoms. The van der Waals surface area contributed by atoms with Crippen molar-refractivity contribution in [3.8, 4) is 0 Å². The molecule has 0 unspecified atom stereocenters. The molecule has 0 heterocycles. The van der Waals surface area contributed by atoms with E-state index >= 15 is 0 Å². The number of rotatable bonds is 3. The zero-order valence-electron chi connectivity index (χ0n) is 11.8. The van der Waals surface area contributed by atoms with E-state index in [1.807, 2.05) is 6.92 Å². The van der Waals surface area contributed by atoms with Crippen molar-refractivity contribution in [3.05, 3.63) is 65.5 Å². The summed E-state index contributed by atoms with van der Waals surface area (Å²) >= 11 is 0. The Morgan fingerprint density at radius 3 is 2.24 bits per heavy atom. The van der Waals surface area contributed by atoms with Gasteiger partial charge in [0.05, 0.1) is 5.54 Å². The summed E-state index contributed by atoms with van der Waals surface area (Å²) in [4.78, 5) is 12.1. The van der Waals surface area contributed by atoms with Gasteiger partial charge in [-0.3, -0.25) is 0 Å². The van der Waals surface area contributed by atoms with Crippen LogP contribution in [0.1, 0.15) is 24.0 Å². The van der Waals surface area contributed by atoms with Gasteiger partial charge in [0.25, 0.3) is 0 Å². The van der Waals surface area contributed by atoms with Gasteiger partial charge < -0.3 is 10.6 Å². The van der Waals surface area contributed by atoms with E-state index in [9.17, 15) is 9.18 Å². The third-order valence-electron chi connectivity index (χ3n) is 3.81. The van der Waals surface area contributed by atoms with Crippen molar-refractivity contribution < 1.29 is 9.18 Å². The van der Waals surface area contributed by atoms with Gasteiger partial charge in [0.1, 0.15) is 5.82 Å². The minimum absolute atomic E-state index is 0.252. The Bertz CT molecular complexity index is 645. The number of amides is 2. The highest BCUT2D eigenvalue weighted by Crippen LogP contribution is 2.45. The van der Waals surface area contributed by atoms with Gasteiger partial charge in [-0.1, -0.05) is 29.8 Å². The van der Waals surface area contributed by atoms with Crippen molar-refractivity contribution in [1.82, 2.24) is 5.32 Å². The molecule has 108 valence electrons. The first kappa shape index (κ1) is 13.6. The van der Waals surface area contributed by atoms with Crippen molar-refractivity contribution in [3.63, 3.8) is 0 Å². The van der Waals surface area contributed by atoms with Crippen LogP contribution in [0.15, 0.2) is 48.5 Å². The summed E-state index contributed by atoms with van der Waals surface area (Å²) in [6, 6.07) is 13.7. The fraction of sp³-hybridized carbons (Fsp3) is 0.235. The fourth-order valence-electron chi connectivity index (χ4n) is 2.40. The highest BCUT2D eigenvalue weighted by Gasteiger charge is 2.45. The van der Waals surface area contributed by atoms with Gasteiger partial charge in [0.2, 0.25) is 0 Å². The first-order valence-electron chi connectivity index (χ1n) is 6.99. The van der Waals surface area contributed by atoms with Gasteiger partial charge in [-0.05, 0) is 49.6 Å². The lowest BCUT2D eigenvalue weighted by molar-refractivity contribution is 0.247. The number of nitrogens with one attached hydrogen (secondary N) is 2. The van der Waals surface area contributed by atoms with E-state index in [0.717, 1.165) is 18.4 Å². The Balaban J connectivity index is 1.67. The number of carbonyl (C=O) groups excluding carboxylic acids is 1. The molecule has 1 saturated carbocycles. The quantitative estimate of drug-likeness (QED) is 0.880. The standard InChI is InChI=1S/C17H17FN2O/c1-12-2-4-13(5-3-12)17(10-11-17)20-16(21)19-15-8-6-14(18)7-9-15/h2-9H,10-11H2,1H3,(H2,19,20,21). The minimum Gasteiger partial charge on any atom is -0.328 e. The van der Waals surface area contributed by atoms with E-state index in [2.05, 4.69) is 34.9 Å². The van der Waals surface area contributed by atoms with Gasteiger partial charge >= 0.3 is 6.03 Å². The van der Waals surface area contributed by atoms with Crippen LogP contribution in [0.2, 0.25) is 0 Å². The average molecular weight is 284 g/mol. The van der Waals surface area contributed by atoms with Crippen molar-refractivity contribution in [2.45, 2.75) is 25.3 Å². The van der Waals surface area contributed by atoms with Crippen molar-refractivity contribution in [1.29, 1.82) is 0 Å². The largest absolute Gasteiger partial charge is 0.328 e. The Labute approximate surface area is 123 Å². The van der Waals surface area contributed by atoms with Crippen LogP contribution in [0.3, 0.4) is 0 Å². The van der Waals surface area contributed by atoms with Crippen molar-refractivity contribution in [2.24, 2.45) is 0 Å². The van der Waals surface area contributed by atoms with E-state index in [-0.39, 0.29) is 17.4 Å². The van der Waals surface area contributed by atoms with Gasteiger partial charge in [-0.25, -0.2) is 9.18 Å². The van der Waals surface area contributed by atoms with Crippen LogP contribution >= 0.6 is 0 Å². The molecule has 0 spiro atoms. The summed E-state index contributed by atoms with van der Waals surface area (Å²) in [7, 11) is 0. The summed E-state index contributed by atoms with van der Waals surface area (Å²) in [6.07, 6.45) is 1.87. The van der Waals surface area contributed by atoms with E-state index in [0.29, 0.717) is 5.69 Å². The van der Waals surface area contributed by atoms with Crippen LogP contribution in [-0.4, -0.2) is 6.03 Å². The molecule has 0 saturated heterocycles. The minimum atomic E-state index is -0.320. The molecule has 0 atom stereocenters. The lowest BCUT2D eigenvalue weighted by Crippen LogP contribution is -2.38. The van der Waals surface area contributed by atoms with Crippen LogP contribution in [0.5, 0.6) is 0 Å². The monoisotopic (exact) mass is 284 g/mol. The Morgan fingerprint density at radius 2 is 1.67 bits per heavy atom. The number of urea groups is 1. The van der Waals surface area contributed by atoms with Gasteiger partial charge in [0.15, 0.2) is 0 Å². The third kappa shape index (κ3) is 3.05. The highest BCUT2D eigenvalue weighted by atomic mass is 19.1. The number of hydrogen-bond donors (Lipinski definition) is 2. The number of aryl methyl sites for hydroxylation is 1. The van der Waals surface area contributed by atoms with Crippen LogP contribution < -0.4 is 10.6 Å². The van der Waals surface area contributed by atoms with E-state index in [4.69, 9.17) is 0 Å². The second-order valence-corrected chi connectivity index (χ2v) is 5.53. The molecule has 2 aromatic rings. The molecule has 1 aliphatic rings. The number of hydrogen-bond acceptors (Lipinski definition) is 1. The maximum atomic E-state index is 12.8. The maximum absolute atomic E-state index is 12.8. The smallest absolute Gasteiger partial charge is 0.319 e. The van der Waals surface area contributed by atoms with E-state index < -0.39 is 0 Å². The number of benzene rings is 2. The molecular formula is C17H17FN2O. The summed E-state index contributed by atoms with van der Waals surface area (Å²) in [6.45, 7) is 2.04. The predicted octanol–water partition coefficient (Wildman–Crippen LogP) is 3.94. The van der Waals surface area contributed by atoms with Crippen molar-refractivity contribution in [2.75, 3.05) is 5.32 Å². The van der Waals surface area contributed by atoms with Crippen LogP contribution in [0.4, 0.5) is 14.9 Å². The predicted molar refractivity (Wildman–Crippen MR) is 80.6 cm³/mol. The Kier molecular flexibility index (Phi) is 3.37.